The van der Waals surface area contributed by atoms with Crippen molar-refractivity contribution in [3.05, 3.63) is 39.3 Å². The molecular formula is C19H20ClN3O4. The monoisotopic (exact) mass is 389 g/mol. The summed E-state index contributed by atoms with van der Waals surface area (Å²) >= 11 is 6.45. The van der Waals surface area contributed by atoms with Crippen molar-refractivity contribution >= 4 is 39.5 Å². The first kappa shape index (κ1) is 17.9. The number of hydrogen-bond donors (Lipinski definition) is 1. The van der Waals surface area contributed by atoms with Gasteiger partial charge in [0, 0.05) is 24.9 Å². The standard InChI is InChI=1S/C19H20ClN3O4/c1-10-15-17(22-27-10)16-13(20)7-4-8-14(16)23(18(15)24)11-5-3-6-12(9-11)26-19(25)21-2/h4,7-8,11-12H,3,5-6,9H2,1-2H3,(H,21,25)/t11-,12+/m0/s1. The molecule has 0 bridgehead atoms. The molecule has 0 saturated heterocycles. The topological polar surface area (TPSA) is 86.4 Å². The molecule has 1 saturated carbocycles. The van der Waals surface area contributed by atoms with Crippen LogP contribution >= 0.6 is 11.6 Å². The lowest BCUT2D eigenvalue weighted by atomic mass is 9.92. The lowest BCUT2D eigenvalue weighted by Gasteiger charge is -2.31. The Balaban J connectivity index is 1.89. The number of nitrogens with one attached hydrogen (secondary N) is 1. The predicted molar refractivity (Wildman–Crippen MR) is 102 cm³/mol. The summed E-state index contributed by atoms with van der Waals surface area (Å²) in [7, 11) is 1.53. The Morgan fingerprint density at radius 2 is 2.19 bits per heavy atom. The Labute approximate surface area is 160 Å². The number of benzene rings is 1. The molecule has 1 amide bonds. The normalized spacial score (nSPS) is 20.1. The van der Waals surface area contributed by atoms with E-state index in [9.17, 15) is 9.59 Å². The second kappa shape index (κ2) is 6.88. The molecule has 27 heavy (non-hydrogen) atoms. The Bertz CT molecular complexity index is 1090. The molecule has 4 rings (SSSR count). The van der Waals surface area contributed by atoms with Crippen molar-refractivity contribution in [1.29, 1.82) is 0 Å². The second-order valence-electron chi connectivity index (χ2n) is 6.87. The number of aromatic nitrogens is 2. The van der Waals surface area contributed by atoms with Gasteiger partial charge in [-0.1, -0.05) is 22.8 Å². The van der Waals surface area contributed by atoms with Crippen molar-refractivity contribution in [2.75, 3.05) is 7.05 Å². The molecule has 8 heteroatoms. The molecule has 2 aromatic heterocycles. The summed E-state index contributed by atoms with van der Waals surface area (Å²) in [6.45, 7) is 1.72. The Kier molecular flexibility index (Phi) is 4.55. The van der Waals surface area contributed by atoms with Gasteiger partial charge in [0.1, 0.15) is 22.8 Å². The average molecular weight is 390 g/mol. The van der Waals surface area contributed by atoms with E-state index >= 15 is 0 Å². The first-order valence-electron chi connectivity index (χ1n) is 8.98. The molecule has 3 aromatic rings. The molecule has 0 aliphatic heterocycles. The lowest BCUT2D eigenvalue weighted by Crippen LogP contribution is -2.34. The quantitative estimate of drug-likeness (QED) is 0.717. The number of rotatable bonds is 2. The third-order valence-corrected chi connectivity index (χ3v) is 5.54. The van der Waals surface area contributed by atoms with Crippen molar-refractivity contribution in [2.45, 2.75) is 44.8 Å². The van der Waals surface area contributed by atoms with Crippen LogP contribution in [0.4, 0.5) is 4.79 Å². The zero-order chi connectivity index (χ0) is 19.1. The molecule has 0 spiro atoms. The summed E-state index contributed by atoms with van der Waals surface area (Å²) in [5.41, 5.74) is 1.06. The molecular weight excluding hydrogens is 370 g/mol. The van der Waals surface area contributed by atoms with Gasteiger partial charge in [0.2, 0.25) is 0 Å². The number of ether oxygens (including phenoxy) is 1. The van der Waals surface area contributed by atoms with E-state index in [1.54, 1.807) is 17.6 Å². The van der Waals surface area contributed by atoms with E-state index in [0.717, 1.165) is 24.8 Å². The van der Waals surface area contributed by atoms with E-state index in [1.807, 2.05) is 12.1 Å². The number of amides is 1. The van der Waals surface area contributed by atoms with Crippen molar-refractivity contribution < 1.29 is 14.1 Å². The van der Waals surface area contributed by atoms with Crippen LogP contribution in [0.1, 0.15) is 37.5 Å². The fourth-order valence-corrected chi connectivity index (χ4v) is 4.27. The van der Waals surface area contributed by atoms with Crippen LogP contribution in [0.2, 0.25) is 5.02 Å². The van der Waals surface area contributed by atoms with E-state index in [1.165, 1.54) is 7.05 Å². The van der Waals surface area contributed by atoms with Gasteiger partial charge in [-0.3, -0.25) is 4.79 Å². The summed E-state index contributed by atoms with van der Waals surface area (Å²) in [6, 6.07) is 5.37. The van der Waals surface area contributed by atoms with E-state index in [-0.39, 0.29) is 17.7 Å². The molecule has 2 atom stereocenters. The highest BCUT2D eigenvalue weighted by molar-refractivity contribution is 6.37. The van der Waals surface area contributed by atoms with Crippen molar-refractivity contribution in [1.82, 2.24) is 15.0 Å². The number of halogens is 1. The average Bonchev–Trinajstić information content (AvgIpc) is 3.04. The molecule has 2 heterocycles. The van der Waals surface area contributed by atoms with Gasteiger partial charge in [-0.15, -0.1) is 0 Å². The number of alkyl carbamates (subject to hydrolysis) is 1. The fraction of sp³-hybridized carbons (Fsp3) is 0.421. The van der Waals surface area contributed by atoms with Gasteiger partial charge in [0.05, 0.1) is 10.5 Å². The Morgan fingerprint density at radius 3 is 2.96 bits per heavy atom. The summed E-state index contributed by atoms with van der Waals surface area (Å²) in [5.74, 6) is 0.472. The molecule has 1 fully saturated rings. The number of pyridine rings is 1. The summed E-state index contributed by atoms with van der Waals surface area (Å²) in [5, 5.41) is 8.22. The predicted octanol–water partition coefficient (Wildman–Crippen LogP) is 3.94. The van der Waals surface area contributed by atoms with Crippen molar-refractivity contribution in [2.24, 2.45) is 0 Å². The molecule has 0 unspecified atom stereocenters. The number of carbonyl (C=O) groups is 1. The number of aryl methyl sites for hydroxylation is 1. The van der Waals surface area contributed by atoms with E-state index in [2.05, 4.69) is 10.5 Å². The maximum absolute atomic E-state index is 13.3. The van der Waals surface area contributed by atoms with Gasteiger partial charge in [-0.2, -0.15) is 0 Å². The number of nitrogens with zero attached hydrogens (tertiary/aromatic N) is 2. The minimum atomic E-state index is -0.453. The number of carbonyl (C=O) groups excluding carboxylic acids is 1. The van der Waals surface area contributed by atoms with Gasteiger partial charge in [-0.05, 0) is 38.3 Å². The molecule has 142 valence electrons. The van der Waals surface area contributed by atoms with Crippen LogP contribution < -0.4 is 10.9 Å². The van der Waals surface area contributed by atoms with Crippen LogP contribution in [0.3, 0.4) is 0 Å². The van der Waals surface area contributed by atoms with Gasteiger partial charge in [0.25, 0.3) is 5.56 Å². The van der Waals surface area contributed by atoms with Crippen LogP contribution in [0.15, 0.2) is 27.5 Å². The number of hydrogen-bond acceptors (Lipinski definition) is 5. The minimum Gasteiger partial charge on any atom is -0.446 e. The van der Waals surface area contributed by atoms with Crippen LogP contribution in [-0.4, -0.2) is 29.0 Å². The molecule has 1 N–H and O–H groups in total. The minimum absolute atomic E-state index is 0.0967. The zero-order valence-corrected chi connectivity index (χ0v) is 15.9. The SMILES string of the molecule is CNC(=O)O[C@@H]1CCC[C@H](n2c(=O)c3c(C)onc3c3c(Cl)cccc32)C1. The van der Waals surface area contributed by atoms with Crippen molar-refractivity contribution in [3.8, 4) is 0 Å². The maximum Gasteiger partial charge on any atom is 0.407 e. The van der Waals surface area contributed by atoms with Crippen LogP contribution in [0.25, 0.3) is 21.8 Å². The first-order chi connectivity index (χ1) is 13.0. The highest BCUT2D eigenvalue weighted by atomic mass is 35.5. The van der Waals surface area contributed by atoms with E-state index < -0.39 is 6.09 Å². The largest absolute Gasteiger partial charge is 0.446 e. The first-order valence-corrected chi connectivity index (χ1v) is 9.36. The summed E-state index contributed by atoms with van der Waals surface area (Å²) < 4.78 is 12.5. The molecule has 1 aliphatic rings. The Hall–Kier alpha value is -2.54. The zero-order valence-electron chi connectivity index (χ0n) is 15.1. The smallest absolute Gasteiger partial charge is 0.407 e. The third kappa shape index (κ3) is 2.96. The summed E-state index contributed by atoms with van der Waals surface area (Å²) in [4.78, 5) is 24.9. The maximum atomic E-state index is 13.3. The molecule has 1 aromatic carbocycles. The van der Waals surface area contributed by atoms with Gasteiger partial charge in [-0.25, -0.2) is 4.79 Å². The van der Waals surface area contributed by atoms with Crippen LogP contribution in [-0.2, 0) is 4.74 Å². The second-order valence-corrected chi connectivity index (χ2v) is 7.28. The Morgan fingerprint density at radius 1 is 1.37 bits per heavy atom. The fourth-order valence-electron chi connectivity index (χ4n) is 4.01. The van der Waals surface area contributed by atoms with Gasteiger partial charge in [0.15, 0.2) is 0 Å². The molecule has 7 nitrogen and oxygen atoms in total. The van der Waals surface area contributed by atoms with Crippen molar-refractivity contribution in [3.63, 3.8) is 0 Å². The number of fused-ring (bicyclic) bond motifs is 3. The highest BCUT2D eigenvalue weighted by Crippen LogP contribution is 2.35. The highest BCUT2D eigenvalue weighted by Gasteiger charge is 2.29. The van der Waals surface area contributed by atoms with E-state index in [0.29, 0.717) is 33.5 Å². The van der Waals surface area contributed by atoms with E-state index in [4.69, 9.17) is 20.9 Å². The third-order valence-electron chi connectivity index (χ3n) is 5.22. The molecule has 1 aliphatic carbocycles. The molecule has 0 radical (unpaired) electrons. The van der Waals surface area contributed by atoms with Gasteiger partial charge < -0.3 is 19.1 Å². The van der Waals surface area contributed by atoms with Gasteiger partial charge >= 0.3 is 6.09 Å². The lowest BCUT2D eigenvalue weighted by molar-refractivity contribution is 0.0630. The summed E-state index contributed by atoms with van der Waals surface area (Å²) in [6.07, 6.45) is 2.36. The van der Waals surface area contributed by atoms with Crippen LogP contribution in [0, 0.1) is 6.92 Å². The van der Waals surface area contributed by atoms with Crippen LogP contribution in [0.5, 0.6) is 0 Å².